The molecule has 1 fully saturated rings. The maximum absolute atomic E-state index is 15.9. The molecular weight excluding hydrogens is 443 g/mol. The number of anilines is 1. The van der Waals surface area contributed by atoms with E-state index >= 15 is 4.39 Å². The van der Waals surface area contributed by atoms with Crippen LogP contribution < -0.4 is 4.90 Å². The van der Waals surface area contributed by atoms with Crippen molar-refractivity contribution >= 4 is 45.0 Å². The van der Waals surface area contributed by atoms with E-state index in [1.165, 1.54) is 18.5 Å². The molecule has 166 valence electrons. The Morgan fingerprint density at radius 3 is 2.61 bits per heavy atom. The highest BCUT2D eigenvalue weighted by Crippen LogP contribution is 2.41. The largest absolute Gasteiger partial charge is 0.508 e. The summed E-state index contributed by atoms with van der Waals surface area (Å²) in [4.78, 5) is 24.2. The average molecular weight is 463 g/mol. The minimum Gasteiger partial charge on any atom is -0.508 e. The number of phenols is 1. The molecule has 0 aliphatic carbocycles. The summed E-state index contributed by atoms with van der Waals surface area (Å²) >= 11 is 6.63. The molecule has 1 saturated heterocycles. The molecule has 0 radical (unpaired) electrons. The Labute approximate surface area is 194 Å². The maximum atomic E-state index is 15.9. The zero-order valence-corrected chi connectivity index (χ0v) is 18.4. The molecule has 0 spiro atoms. The maximum Gasteiger partial charge on any atom is 0.246 e. The number of rotatable bonds is 3. The Balaban J connectivity index is 1.62. The van der Waals surface area contributed by atoms with Crippen LogP contribution in [0, 0.1) is 5.82 Å². The number of nitrogens with zero attached hydrogens (tertiary/aromatic N) is 4. The number of benzene rings is 3. The highest BCUT2D eigenvalue weighted by Gasteiger charge is 2.25. The zero-order chi connectivity index (χ0) is 23.1. The van der Waals surface area contributed by atoms with Crippen LogP contribution in [0.15, 0.2) is 61.4 Å². The van der Waals surface area contributed by atoms with E-state index in [0.717, 1.165) is 10.8 Å². The second-order valence-corrected chi connectivity index (χ2v) is 8.28. The van der Waals surface area contributed by atoms with Crippen LogP contribution in [0.5, 0.6) is 5.75 Å². The SMILES string of the molecule is C=CC(=O)N1CCN(c2ncnc3c(F)c(-c4cc(O)cc5ccccc45)c(Cl)cc23)CC1. The second kappa shape index (κ2) is 8.33. The molecule has 2 heterocycles. The number of hydrogen-bond acceptors (Lipinski definition) is 5. The summed E-state index contributed by atoms with van der Waals surface area (Å²) in [6.07, 6.45) is 2.64. The van der Waals surface area contributed by atoms with Crippen molar-refractivity contribution in [2.45, 2.75) is 0 Å². The minimum atomic E-state index is -0.572. The van der Waals surface area contributed by atoms with Gasteiger partial charge in [-0.1, -0.05) is 42.4 Å². The predicted molar refractivity (Wildman–Crippen MR) is 128 cm³/mol. The molecule has 5 rings (SSSR count). The van der Waals surface area contributed by atoms with E-state index in [-0.39, 0.29) is 27.8 Å². The van der Waals surface area contributed by atoms with Crippen LogP contribution in [0.25, 0.3) is 32.8 Å². The first-order chi connectivity index (χ1) is 16.0. The van der Waals surface area contributed by atoms with Gasteiger partial charge in [0.05, 0.1) is 5.02 Å². The van der Waals surface area contributed by atoms with Crippen LogP contribution in [0.1, 0.15) is 0 Å². The van der Waals surface area contributed by atoms with Crippen molar-refractivity contribution in [1.82, 2.24) is 14.9 Å². The number of phenolic OH excluding ortho intramolecular Hbond substituents is 1. The fraction of sp³-hybridized carbons (Fsp3) is 0.160. The summed E-state index contributed by atoms with van der Waals surface area (Å²) in [5.74, 6) is -0.0926. The minimum absolute atomic E-state index is 0.0228. The summed E-state index contributed by atoms with van der Waals surface area (Å²) in [5.41, 5.74) is 0.824. The lowest BCUT2D eigenvalue weighted by atomic mass is 9.96. The molecule has 1 aromatic heterocycles. The lowest BCUT2D eigenvalue weighted by Gasteiger charge is -2.35. The second-order valence-electron chi connectivity index (χ2n) is 7.87. The molecule has 0 atom stereocenters. The first-order valence-corrected chi connectivity index (χ1v) is 10.9. The number of aromatic hydroxyl groups is 1. The molecule has 1 N–H and O–H groups in total. The van der Waals surface area contributed by atoms with Crippen molar-refractivity contribution < 1.29 is 14.3 Å². The van der Waals surface area contributed by atoms with Gasteiger partial charge in [0.2, 0.25) is 5.91 Å². The predicted octanol–water partition coefficient (Wildman–Crippen LogP) is 4.78. The number of carbonyl (C=O) groups is 1. The first-order valence-electron chi connectivity index (χ1n) is 10.5. The lowest BCUT2D eigenvalue weighted by molar-refractivity contribution is -0.126. The molecule has 0 unspecified atom stereocenters. The highest BCUT2D eigenvalue weighted by atomic mass is 35.5. The molecule has 4 aromatic rings. The van der Waals surface area contributed by atoms with Crippen molar-refractivity contribution in [2.24, 2.45) is 0 Å². The van der Waals surface area contributed by atoms with Gasteiger partial charge in [0.15, 0.2) is 5.82 Å². The van der Waals surface area contributed by atoms with Gasteiger partial charge in [-0.25, -0.2) is 14.4 Å². The van der Waals surface area contributed by atoms with Crippen molar-refractivity contribution in [2.75, 3.05) is 31.1 Å². The standard InChI is InChI=1S/C25H20ClFN4O2/c1-2-21(33)30-7-9-31(10-8-30)25-19-13-20(26)22(23(27)24(19)28-14-29-25)18-12-16(32)11-15-5-3-4-6-17(15)18/h2-6,11-14,32H,1,7-10H2. The van der Waals surface area contributed by atoms with E-state index < -0.39 is 5.82 Å². The van der Waals surface area contributed by atoms with Gasteiger partial charge in [0.1, 0.15) is 23.4 Å². The molecule has 0 bridgehead atoms. The van der Waals surface area contributed by atoms with E-state index in [1.807, 2.05) is 29.2 Å². The Hall–Kier alpha value is -3.71. The average Bonchev–Trinajstić information content (AvgIpc) is 2.83. The first kappa shape index (κ1) is 21.2. The Kier molecular flexibility index (Phi) is 5.34. The molecule has 8 heteroatoms. The Bertz CT molecular complexity index is 1420. The number of hydrogen-bond donors (Lipinski definition) is 1. The number of halogens is 2. The number of carbonyl (C=O) groups excluding carboxylic acids is 1. The van der Waals surface area contributed by atoms with Gasteiger partial charge in [0.25, 0.3) is 0 Å². The zero-order valence-electron chi connectivity index (χ0n) is 17.6. The smallest absolute Gasteiger partial charge is 0.246 e. The summed E-state index contributed by atoms with van der Waals surface area (Å²) < 4.78 is 15.9. The molecular formula is C25H20ClFN4O2. The topological polar surface area (TPSA) is 69.6 Å². The van der Waals surface area contributed by atoms with E-state index in [2.05, 4.69) is 16.5 Å². The fourth-order valence-corrected chi connectivity index (χ4v) is 4.68. The molecule has 6 nitrogen and oxygen atoms in total. The molecule has 0 saturated carbocycles. The Morgan fingerprint density at radius 1 is 1.09 bits per heavy atom. The number of piperazine rings is 1. The van der Waals surface area contributed by atoms with E-state index in [9.17, 15) is 9.90 Å². The molecule has 33 heavy (non-hydrogen) atoms. The third-order valence-corrected chi connectivity index (χ3v) is 6.28. The summed E-state index contributed by atoms with van der Waals surface area (Å²) in [6, 6.07) is 12.2. The van der Waals surface area contributed by atoms with Crippen LogP contribution >= 0.6 is 11.6 Å². The lowest BCUT2D eigenvalue weighted by Crippen LogP contribution is -2.48. The van der Waals surface area contributed by atoms with Crippen LogP contribution in [-0.4, -0.2) is 52.1 Å². The highest BCUT2D eigenvalue weighted by molar-refractivity contribution is 6.35. The van der Waals surface area contributed by atoms with E-state index in [4.69, 9.17) is 11.6 Å². The summed E-state index contributed by atoms with van der Waals surface area (Å²) in [7, 11) is 0. The normalized spacial score (nSPS) is 14.1. The third-order valence-electron chi connectivity index (χ3n) is 5.98. The summed E-state index contributed by atoms with van der Waals surface area (Å²) in [6.45, 7) is 5.65. The number of fused-ring (bicyclic) bond motifs is 2. The number of aromatic nitrogens is 2. The van der Waals surface area contributed by atoms with E-state index in [1.54, 1.807) is 17.0 Å². The van der Waals surface area contributed by atoms with Crippen molar-refractivity contribution in [3.63, 3.8) is 0 Å². The molecule has 1 aliphatic heterocycles. The Morgan fingerprint density at radius 2 is 1.85 bits per heavy atom. The van der Waals surface area contributed by atoms with Crippen molar-refractivity contribution in [3.8, 4) is 16.9 Å². The van der Waals surface area contributed by atoms with Gasteiger partial charge in [-0.2, -0.15) is 0 Å². The van der Waals surface area contributed by atoms with Gasteiger partial charge in [-0.3, -0.25) is 4.79 Å². The third kappa shape index (κ3) is 3.64. The summed E-state index contributed by atoms with van der Waals surface area (Å²) in [5, 5.41) is 12.5. The van der Waals surface area contributed by atoms with Crippen LogP contribution in [0.2, 0.25) is 5.02 Å². The molecule has 1 aliphatic rings. The van der Waals surface area contributed by atoms with Gasteiger partial charge >= 0.3 is 0 Å². The van der Waals surface area contributed by atoms with Crippen LogP contribution in [0.4, 0.5) is 10.2 Å². The van der Waals surface area contributed by atoms with Gasteiger partial charge in [-0.15, -0.1) is 0 Å². The van der Waals surface area contributed by atoms with Crippen LogP contribution in [0.3, 0.4) is 0 Å². The monoisotopic (exact) mass is 462 g/mol. The van der Waals surface area contributed by atoms with Gasteiger partial charge in [-0.05, 0) is 40.6 Å². The fourth-order valence-electron chi connectivity index (χ4n) is 4.38. The van der Waals surface area contributed by atoms with Crippen molar-refractivity contribution in [3.05, 3.63) is 72.3 Å². The quantitative estimate of drug-likeness (QED) is 0.444. The number of amides is 1. The van der Waals surface area contributed by atoms with E-state index in [0.29, 0.717) is 42.9 Å². The molecule has 1 amide bonds. The molecule has 3 aromatic carbocycles. The van der Waals surface area contributed by atoms with Crippen molar-refractivity contribution in [1.29, 1.82) is 0 Å². The van der Waals surface area contributed by atoms with Crippen LogP contribution in [-0.2, 0) is 4.79 Å². The van der Waals surface area contributed by atoms with Gasteiger partial charge in [0, 0.05) is 37.1 Å². The van der Waals surface area contributed by atoms with Gasteiger partial charge < -0.3 is 14.9 Å².